The van der Waals surface area contributed by atoms with Gasteiger partial charge < -0.3 is 10.6 Å². The lowest BCUT2D eigenvalue weighted by Gasteiger charge is -2.12. The fraction of sp³-hybridized carbons (Fsp3) is 0.0870. The van der Waals surface area contributed by atoms with Crippen molar-refractivity contribution in [2.45, 2.75) is 12.7 Å². The van der Waals surface area contributed by atoms with E-state index in [1.807, 2.05) is 0 Å². The van der Waals surface area contributed by atoms with E-state index in [1.165, 1.54) is 6.21 Å². The van der Waals surface area contributed by atoms with E-state index in [-0.39, 0.29) is 30.1 Å². The third-order valence-corrected chi connectivity index (χ3v) is 5.13. The largest absolute Gasteiger partial charge is 0.419 e. The number of halogens is 6. The van der Waals surface area contributed by atoms with E-state index in [0.29, 0.717) is 22.3 Å². The maximum atomic E-state index is 13.7. The van der Waals surface area contributed by atoms with Crippen LogP contribution in [0.4, 0.5) is 41.1 Å². The molecule has 0 radical (unpaired) electrons. The van der Waals surface area contributed by atoms with Gasteiger partial charge in [0.25, 0.3) is 0 Å². The number of pyridine rings is 1. The van der Waals surface area contributed by atoms with Gasteiger partial charge in [0.2, 0.25) is 17.8 Å². The number of hydrazone groups is 1. The minimum atomic E-state index is -4.87. The molecule has 4 aromatic rings. The Labute approximate surface area is 217 Å². The number of hydrogen-bond acceptors (Lipinski definition) is 8. The Morgan fingerprint density at radius 1 is 0.892 bits per heavy atom. The van der Waals surface area contributed by atoms with Crippen molar-refractivity contribution >= 4 is 52.9 Å². The predicted molar refractivity (Wildman–Crippen MR) is 134 cm³/mol. The molecule has 190 valence electrons. The fourth-order valence-corrected chi connectivity index (χ4v) is 3.15. The summed E-state index contributed by atoms with van der Waals surface area (Å²) in [7, 11) is 0. The third-order valence-electron chi connectivity index (χ3n) is 4.65. The number of nitrogens with one attached hydrogen (secondary N) is 3. The average Bonchev–Trinajstić information content (AvgIpc) is 2.85. The summed E-state index contributed by atoms with van der Waals surface area (Å²) >= 11 is 11.7. The number of hydrogen-bond donors (Lipinski definition) is 3. The highest BCUT2D eigenvalue weighted by Gasteiger charge is 2.34. The minimum absolute atomic E-state index is 0.0161. The molecule has 0 aliphatic carbocycles. The van der Waals surface area contributed by atoms with Crippen molar-refractivity contribution in [3.05, 3.63) is 93.5 Å². The summed E-state index contributed by atoms with van der Waals surface area (Å²) in [6.45, 7) is 0.260. The lowest BCUT2D eigenvalue weighted by Crippen LogP contribution is -2.11. The topological polar surface area (TPSA) is 100 Å². The van der Waals surface area contributed by atoms with Crippen molar-refractivity contribution in [2.24, 2.45) is 5.10 Å². The van der Waals surface area contributed by atoms with Gasteiger partial charge in [-0.1, -0.05) is 41.4 Å². The summed E-state index contributed by atoms with van der Waals surface area (Å²) in [5.74, 6) is -1.45. The predicted octanol–water partition coefficient (Wildman–Crippen LogP) is 6.53. The molecule has 14 heteroatoms. The molecule has 0 spiro atoms. The van der Waals surface area contributed by atoms with Crippen molar-refractivity contribution in [3.8, 4) is 0 Å². The SMILES string of the molecule is Fc1ccc(Nc2nc(NCc3ccc(Cl)nc3)nc(N/N=C/c3ccc(Cl)cc3)n2)cc1C(F)(F)F. The summed E-state index contributed by atoms with van der Waals surface area (Å²) in [5, 5.41) is 10.6. The summed E-state index contributed by atoms with van der Waals surface area (Å²) < 4.78 is 53.0. The van der Waals surface area contributed by atoms with Crippen LogP contribution in [-0.2, 0) is 12.7 Å². The Morgan fingerprint density at radius 2 is 1.62 bits per heavy atom. The minimum Gasteiger partial charge on any atom is -0.350 e. The molecule has 0 fully saturated rings. The monoisotopic (exact) mass is 550 g/mol. The van der Waals surface area contributed by atoms with Crippen molar-refractivity contribution in [1.82, 2.24) is 19.9 Å². The first kappa shape index (κ1) is 26.0. The summed E-state index contributed by atoms with van der Waals surface area (Å²) in [6, 6.07) is 12.7. The van der Waals surface area contributed by atoms with E-state index in [4.69, 9.17) is 23.2 Å². The molecular formula is C23H16Cl2F4N8. The second kappa shape index (κ2) is 11.4. The molecule has 0 aliphatic rings. The first-order chi connectivity index (χ1) is 17.7. The Kier molecular flexibility index (Phi) is 7.99. The molecule has 0 bridgehead atoms. The van der Waals surface area contributed by atoms with Crippen molar-refractivity contribution < 1.29 is 17.6 Å². The molecule has 0 aliphatic heterocycles. The number of alkyl halides is 3. The summed E-state index contributed by atoms with van der Waals surface area (Å²) in [4.78, 5) is 16.5. The van der Waals surface area contributed by atoms with Crippen molar-refractivity contribution in [3.63, 3.8) is 0 Å². The van der Waals surface area contributed by atoms with Crippen LogP contribution in [0.2, 0.25) is 10.2 Å². The van der Waals surface area contributed by atoms with E-state index in [2.05, 4.69) is 41.1 Å². The second-order valence-electron chi connectivity index (χ2n) is 7.39. The molecule has 0 amide bonds. The standard InChI is InChI=1S/C23H16Cl2F4N8/c24-15-4-1-13(2-5-15)12-32-37-22-35-20(31-11-14-3-8-19(25)30-10-14)34-21(36-22)33-16-6-7-18(26)17(9-16)23(27,28)29/h1-10,12H,11H2,(H3,31,33,34,35,36,37)/b32-12+. The van der Waals surface area contributed by atoms with Gasteiger partial charge in [0.05, 0.1) is 11.8 Å². The fourth-order valence-electron chi connectivity index (χ4n) is 2.92. The molecule has 0 unspecified atom stereocenters. The van der Waals surface area contributed by atoms with Gasteiger partial charge in [-0.3, -0.25) is 0 Å². The van der Waals surface area contributed by atoms with Crippen LogP contribution in [0.5, 0.6) is 0 Å². The van der Waals surface area contributed by atoms with Crippen LogP contribution in [0, 0.1) is 5.82 Å². The Balaban J connectivity index is 1.58. The van der Waals surface area contributed by atoms with Crippen LogP contribution < -0.4 is 16.1 Å². The molecule has 0 saturated heterocycles. The van der Waals surface area contributed by atoms with Crippen LogP contribution >= 0.6 is 23.2 Å². The third kappa shape index (κ3) is 7.48. The summed E-state index contributed by atoms with van der Waals surface area (Å²) in [6.07, 6.45) is -1.82. The van der Waals surface area contributed by atoms with E-state index < -0.39 is 17.6 Å². The maximum absolute atomic E-state index is 13.7. The van der Waals surface area contributed by atoms with Crippen LogP contribution in [0.15, 0.2) is 65.9 Å². The first-order valence-corrected chi connectivity index (χ1v) is 11.2. The molecule has 8 nitrogen and oxygen atoms in total. The summed E-state index contributed by atoms with van der Waals surface area (Å²) in [5.41, 5.74) is 2.65. The zero-order valence-electron chi connectivity index (χ0n) is 18.6. The molecule has 0 atom stereocenters. The molecule has 2 aromatic heterocycles. The number of rotatable bonds is 8. The van der Waals surface area contributed by atoms with E-state index >= 15 is 0 Å². The van der Waals surface area contributed by atoms with E-state index in [1.54, 1.807) is 42.6 Å². The van der Waals surface area contributed by atoms with Crippen LogP contribution in [0.3, 0.4) is 0 Å². The lowest BCUT2D eigenvalue weighted by molar-refractivity contribution is -0.139. The highest BCUT2D eigenvalue weighted by molar-refractivity contribution is 6.30. The van der Waals surface area contributed by atoms with E-state index in [0.717, 1.165) is 17.2 Å². The Bertz CT molecular complexity index is 1400. The zero-order chi connectivity index (χ0) is 26.4. The van der Waals surface area contributed by atoms with Gasteiger partial charge in [-0.15, -0.1) is 0 Å². The number of benzene rings is 2. The van der Waals surface area contributed by atoms with Gasteiger partial charge in [-0.2, -0.15) is 33.2 Å². The normalized spacial score (nSPS) is 11.5. The highest BCUT2D eigenvalue weighted by atomic mass is 35.5. The maximum Gasteiger partial charge on any atom is 0.419 e. The molecule has 3 N–H and O–H groups in total. The quantitative estimate of drug-likeness (QED) is 0.0991. The van der Waals surface area contributed by atoms with E-state index in [9.17, 15) is 17.6 Å². The van der Waals surface area contributed by atoms with Gasteiger partial charge in [-0.25, -0.2) is 14.8 Å². The second-order valence-corrected chi connectivity index (χ2v) is 8.21. The van der Waals surface area contributed by atoms with Gasteiger partial charge >= 0.3 is 6.18 Å². The molecule has 37 heavy (non-hydrogen) atoms. The smallest absolute Gasteiger partial charge is 0.350 e. The van der Waals surface area contributed by atoms with Gasteiger partial charge in [0, 0.05) is 23.5 Å². The van der Waals surface area contributed by atoms with Crippen molar-refractivity contribution in [2.75, 3.05) is 16.1 Å². The van der Waals surface area contributed by atoms with Gasteiger partial charge in [-0.05, 0) is 47.5 Å². The highest BCUT2D eigenvalue weighted by Crippen LogP contribution is 2.33. The molecule has 2 heterocycles. The Hall–Kier alpha value is -4.03. The van der Waals surface area contributed by atoms with Gasteiger partial charge in [0.1, 0.15) is 11.0 Å². The van der Waals surface area contributed by atoms with Crippen LogP contribution in [0.1, 0.15) is 16.7 Å². The van der Waals surface area contributed by atoms with Crippen molar-refractivity contribution in [1.29, 1.82) is 0 Å². The van der Waals surface area contributed by atoms with Crippen LogP contribution in [-0.4, -0.2) is 26.2 Å². The first-order valence-electron chi connectivity index (χ1n) is 10.4. The number of nitrogens with zero attached hydrogens (tertiary/aromatic N) is 5. The Morgan fingerprint density at radius 3 is 2.32 bits per heavy atom. The lowest BCUT2D eigenvalue weighted by atomic mass is 10.2. The van der Waals surface area contributed by atoms with Crippen LogP contribution in [0.25, 0.3) is 0 Å². The molecule has 4 rings (SSSR count). The molecular weight excluding hydrogens is 535 g/mol. The number of aromatic nitrogens is 4. The zero-order valence-corrected chi connectivity index (χ0v) is 20.1. The molecule has 0 saturated carbocycles. The number of anilines is 4. The van der Waals surface area contributed by atoms with Gasteiger partial charge in [0.15, 0.2) is 0 Å². The molecule has 2 aromatic carbocycles. The average molecular weight is 551 g/mol.